The molecule has 2 aromatic heterocycles. The van der Waals surface area contributed by atoms with Gasteiger partial charge in [0.1, 0.15) is 5.03 Å². The van der Waals surface area contributed by atoms with Gasteiger partial charge >= 0.3 is 5.97 Å². The van der Waals surface area contributed by atoms with Crippen LogP contribution in [0.25, 0.3) is 21.8 Å². The Balaban J connectivity index is 2.13. The molecule has 2 N–H and O–H groups in total. The van der Waals surface area contributed by atoms with E-state index in [0.717, 1.165) is 27.4 Å². The standard InChI is InChI=1S/C15H14N2O3S/c1-21(20)14-7-11-10-6-9(3-5-15(18)19)2-4-12(10)17-13(11)8-16-14/h2,4,6-8,17H,3,5H2,1H3,(H,18,19). The Hall–Kier alpha value is -2.21. The summed E-state index contributed by atoms with van der Waals surface area (Å²) in [5.41, 5.74) is 2.82. The van der Waals surface area contributed by atoms with E-state index in [2.05, 4.69) is 9.97 Å². The van der Waals surface area contributed by atoms with E-state index in [4.69, 9.17) is 5.11 Å². The maximum Gasteiger partial charge on any atom is 0.303 e. The van der Waals surface area contributed by atoms with Gasteiger partial charge in [-0.05, 0) is 30.2 Å². The van der Waals surface area contributed by atoms with Crippen LogP contribution < -0.4 is 0 Å². The summed E-state index contributed by atoms with van der Waals surface area (Å²) < 4.78 is 11.6. The number of nitrogens with one attached hydrogen (secondary N) is 1. The number of aromatic nitrogens is 2. The average Bonchev–Trinajstić information content (AvgIpc) is 2.82. The summed E-state index contributed by atoms with van der Waals surface area (Å²) in [6.07, 6.45) is 3.89. The number of aliphatic carboxylic acids is 1. The molecule has 3 rings (SSSR count). The summed E-state index contributed by atoms with van der Waals surface area (Å²) in [6.45, 7) is 0. The number of nitrogens with zero attached hydrogens (tertiary/aromatic N) is 1. The molecule has 0 spiro atoms. The summed E-state index contributed by atoms with van der Waals surface area (Å²) in [5, 5.41) is 11.3. The molecule has 0 saturated carbocycles. The van der Waals surface area contributed by atoms with Crippen LogP contribution in [-0.4, -0.2) is 31.5 Å². The minimum atomic E-state index is -1.13. The van der Waals surface area contributed by atoms with E-state index < -0.39 is 16.8 Å². The maximum absolute atomic E-state index is 11.6. The average molecular weight is 302 g/mol. The molecule has 0 amide bonds. The summed E-state index contributed by atoms with van der Waals surface area (Å²) in [4.78, 5) is 18.1. The first-order chi connectivity index (χ1) is 10.0. The fourth-order valence-corrected chi connectivity index (χ4v) is 2.88. The highest BCUT2D eigenvalue weighted by Gasteiger charge is 2.09. The van der Waals surface area contributed by atoms with Crippen LogP contribution in [0.4, 0.5) is 0 Å². The zero-order valence-corrected chi connectivity index (χ0v) is 12.2. The van der Waals surface area contributed by atoms with Crippen molar-refractivity contribution in [2.75, 3.05) is 6.26 Å². The number of carbonyl (C=O) groups is 1. The van der Waals surface area contributed by atoms with E-state index in [0.29, 0.717) is 11.4 Å². The van der Waals surface area contributed by atoms with Gasteiger partial charge in [0.2, 0.25) is 0 Å². The minimum Gasteiger partial charge on any atom is -0.481 e. The maximum atomic E-state index is 11.6. The van der Waals surface area contributed by atoms with Gasteiger partial charge in [-0.15, -0.1) is 0 Å². The predicted molar refractivity (Wildman–Crippen MR) is 81.9 cm³/mol. The third-order valence-corrected chi connectivity index (χ3v) is 4.26. The fourth-order valence-electron chi connectivity index (χ4n) is 2.39. The highest BCUT2D eigenvalue weighted by atomic mass is 32.2. The number of hydrogen-bond acceptors (Lipinski definition) is 3. The summed E-state index contributed by atoms with van der Waals surface area (Å²) in [5.74, 6) is -0.804. The van der Waals surface area contributed by atoms with Crippen molar-refractivity contribution in [1.82, 2.24) is 9.97 Å². The highest BCUT2D eigenvalue weighted by Crippen LogP contribution is 2.27. The van der Waals surface area contributed by atoms with Crippen molar-refractivity contribution in [3.63, 3.8) is 0 Å². The van der Waals surface area contributed by atoms with Crippen LogP contribution in [0.1, 0.15) is 12.0 Å². The number of carboxylic acids is 1. The predicted octanol–water partition coefficient (Wildman–Crippen LogP) is 2.47. The molecule has 1 aromatic carbocycles. The van der Waals surface area contributed by atoms with Gasteiger partial charge in [-0.1, -0.05) is 6.07 Å². The largest absolute Gasteiger partial charge is 0.481 e. The molecule has 0 fully saturated rings. The molecular formula is C15H14N2O3S. The number of rotatable bonds is 4. The van der Waals surface area contributed by atoms with Crippen molar-refractivity contribution >= 4 is 38.6 Å². The molecule has 1 atom stereocenters. The third kappa shape index (κ3) is 2.67. The topological polar surface area (TPSA) is 83.0 Å². The fraction of sp³-hybridized carbons (Fsp3) is 0.200. The zero-order chi connectivity index (χ0) is 15.0. The lowest BCUT2D eigenvalue weighted by Crippen LogP contribution is -1.97. The second-order valence-electron chi connectivity index (χ2n) is 4.92. The molecule has 0 aliphatic carbocycles. The van der Waals surface area contributed by atoms with Gasteiger partial charge in [0.25, 0.3) is 0 Å². The summed E-state index contributed by atoms with van der Waals surface area (Å²) >= 11 is 0. The molecule has 6 heteroatoms. The lowest BCUT2D eigenvalue weighted by molar-refractivity contribution is -0.136. The normalized spacial score (nSPS) is 12.8. The number of aromatic amines is 1. The Bertz CT molecular complexity index is 870. The highest BCUT2D eigenvalue weighted by molar-refractivity contribution is 7.84. The van der Waals surface area contributed by atoms with Crippen LogP contribution >= 0.6 is 0 Å². The SMILES string of the molecule is CS(=O)c1cc2c(cn1)[nH]c1ccc(CCC(=O)O)cc12. The number of fused-ring (bicyclic) bond motifs is 3. The number of hydrogen-bond donors (Lipinski definition) is 2. The van der Waals surface area contributed by atoms with Gasteiger partial charge in [-0.2, -0.15) is 0 Å². The molecule has 3 aromatic rings. The van der Waals surface area contributed by atoms with Crippen LogP contribution in [-0.2, 0) is 22.0 Å². The minimum absolute atomic E-state index is 0.111. The smallest absolute Gasteiger partial charge is 0.303 e. The molecule has 0 saturated heterocycles. The molecule has 0 aliphatic heterocycles. The molecule has 21 heavy (non-hydrogen) atoms. The monoisotopic (exact) mass is 302 g/mol. The van der Waals surface area contributed by atoms with Crippen molar-refractivity contribution in [3.05, 3.63) is 36.0 Å². The quantitative estimate of drug-likeness (QED) is 0.775. The summed E-state index contributed by atoms with van der Waals surface area (Å²) in [6, 6.07) is 7.67. The van der Waals surface area contributed by atoms with Crippen molar-refractivity contribution < 1.29 is 14.1 Å². The third-order valence-electron chi connectivity index (χ3n) is 3.44. The molecule has 2 heterocycles. The van der Waals surface area contributed by atoms with Gasteiger partial charge in [0.05, 0.1) is 22.5 Å². The first kappa shape index (κ1) is 13.8. The Kier molecular flexibility index (Phi) is 3.47. The van der Waals surface area contributed by atoms with Crippen molar-refractivity contribution in [1.29, 1.82) is 0 Å². The van der Waals surface area contributed by atoms with Gasteiger partial charge in [0.15, 0.2) is 0 Å². The second kappa shape index (κ2) is 5.29. The summed E-state index contributed by atoms with van der Waals surface area (Å²) in [7, 11) is -1.13. The van der Waals surface area contributed by atoms with Crippen LogP contribution in [0, 0.1) is 0 Å². The zero-order valence-electron chi connectivity index (χ0n) is 11.4. The Morgan fingerprint density at radius 1 is 1.29 bits per heavy atom. The van der Waals surface area contributed by atoms with Crippen LogP contribution in [0.5, 0.6) is 0 Å². The van der Waals surface area contributed by atoms with Gasteiger partial charge < -0.3 is 10.1 Å². The van der Waals surface area contributed by atoms with E-state index in [1.165, 1.54) is 0 Å². The lowest BCUT2D eigenvalue weighted by atomic mass is 10.1. The van der Waals surface area contributed by atoms with E-state index in [1.807, 2.05) is 24.3 Å². The van der Waals surface area contributed by atoms with E-state index in [9.17, 15) is 9.00 Å². The Morgan fingerprint density at radius 3 is 2.76 bits per heavy atom. The Morgan fingerprint density at radius 2 is 2.05 bits per heavy atom. The Labute approximate surface area is 123 Å². The number of H-pyrrole nitrogens is 1. The first-order valence-corrected chi connectivity index (χ1v) is 8.06. The number of carboxylic acid groups (broad SMARTS) is 1. The number of pyridine rings is 1. The van der Waals surface area contributed by atoms with Crippen molar-refractivity contribution in [2.45, 2.75) is 17.9 Å². The molecule has 5 nitrogen and oxygen atoms in total. The molecule has 0 radical (unpaired) electrons. The van der Waals surface area contributed by atoms with Crippen LogP contribution in [0.2, 0.25) is 0 Å². The van der Waals surface area contributed by atoms with Crippen molar-refractivity contribution in [3.8, 4) is 0 Å². The number of aryl methyl sites for hydroxylation is 1. The second-order valence-corrected chi connectivity index (χ2v) is 6.25. The first-order valence-electron chi connectivity index (χ1n) is 6.50. The van der Waals surface area contributed by atoms with E-state index in [1.54, 1.807) is 12.5 Å². The molecule has 0 aliphatic rings. The van der Waals surface area contributed by atoms with Crippen LogP contribution in [0.3, 0.4) is 0 Å². The molecule has 0 bridgehead atoms. The van der Waals surface area contributed by atoms with E-state index >= 15 is 0 Å². The molecule has 108 valence electrons. The van der Waals surface area contributed by atoms with Gasteiger partial charge in [-0.3, -0.25) is 9.00 Å². The van der Waals surface area contributed by atoms with Crippen molar-refractivity contribution in [2.24, 2.45) is 0 Å². The molecule has 1 unspecified atom stereocenters. The van der Waals surface area contributed by atoms with Crippen LogP contribution in [0.15, 0.2) is 35.5 Å². The van der Waals surface area contributed by atoms with Gasteiger partial charge in [-0.25, -0.2) is 4.98 Å². The lowest BCUT2D eigenvalue weighted by Gasteiger charge is -2.00. The van der Waals surface area contributed by atoms with Gasteiger partial charge in [0, 0.05) is 29.0 Å². The number of benzene rings is 1. The molecular weight excluding hydrogens is 288 g/mol. The van der Waals surface area contributed by atoms with E-state index in [-0.39, 0.29) is 6.42 Å².